The molecule has 2 aromatic heterocycles. The van der Waals surface area contributed by atoms with Crippen molar-refractivity contribution in [3.05, 3.63) is 66.5 Å². The normalized spacial score (nSPS) is 10.9. The predicted octanol–water partition coefficient (Wildman–Crippen LogP) is 4.99. The Labute approximate surface area is 144 Å². The van der Waals surface area contributed by atoms with E-state index in [4.69, 9.17) is 5.73 Å². The molecule has 0 aliphatic rings. The minimum Gasteiger partial charge on any atom is -0.399 e. The van der Waals surface area contributed by atoms with E-state index in [1.165, 1.54) is 10.4 Å². The number of nitrogen functional groups attached to an aromatic ring is 1. The van der Waals surface area contributed by atoms with E-state index in [2.05, 4.69) is 33.5 Å². The molecule has 24 heavy (non-hydrogen) atoms. The summed E-state index contributed by atoms with van der Waals surface area (Å²) in [5, 5.41) is 4.41. The molecule has 0 bridgehead atoms. The highest BCUT2D eigenvalue weighted by Crippen LogP contribution is 2.36. The van der Waals surface area contributed by atoms with E-state index >= 15 is 0 Å². The van der Waals surface area contributed by atoms with E-state index < -0.39 is 0 Å². The van der Waals surface area contributed by atoms with Gasteiger partial charge in [0.15, 0.2) is 0 Å². The molecule has 0 saturated carbocycles. The standard InChI is InChI=1S/C19H16N4S/c1-12-21-18(23-15-9-7-14(20)8-10-15)16-11-17(24-19(16)22-12)13-5-3-2-4-6-13/h2-11H,20H2,1H3,(H,21,22,23). The number of nitrogens with two attached hydrogens (primary N) is 1. The van der Waals surface area contributed by atoms with Crippen LogP contribution in [0.25, 0.3) is 20.7 Å². The zero-order chi connectivity index (χ0) is 16.5. The van der Waals surface area contributed by atoms with Gasteiger partial charge in [0.2, 0.25) is 0 Å². The highest BCUT2D eigenvalue weighted by molar-refractivity contribution is 7.21. The number of anilines is 3. The van der Waals surface area contributed by atoms with Gasteiger partial charge in [0.25, 0.3) is 0 Å². The molecule has 0 radical (unpaired) electrons. The first-order chi connectivity index (χ1) is 11.7. The maximum Gasteiger partial charge on any atom is 0.142 e. The summed E-state index contributed by atoms with van der Waals surface area (Å²) in [6.45, 7) is 1.91. The summed E-state index contributed by atoms with van der Waals surface area (Å²) >= 11 is 1.68. The third kappa shape index (κ3) is 2.81. The first-order valence-electron chi connectivity index (χ1n) is 7.65. The first-order valence-corrected chi connectivity index (χ1v) is 8.47. The van der Waals surface area contributed by atoms with Crippen molar-refractivity contribution < 1.29 is 0 Å². The lowest BCUT2D eigenvalue weighted by Crippen LogP contribution is -1.97. The van der Waals surface area contributed by atoms with Crippen LogP contribution in [-0.2, 0) is 0 Å². The summed E-state index contributed by atoms with van der Waals surface area (Å²) in [5.74, 6) is 1.57. The van der Waals surface area contributed by atoms with Crippen molar-refractivity contribution in [2.24, 2.45) is 0 Å². The molecule has 0 unspecified atom stereocenters. The van der Waals surface area contributed by atoms with Gasteiger partial charge in [-0.05, 0) is 42.8 Å². The third-order valence-corrected chi connectivity index (χ3v) is 4.81. The molecule has 4 rings (SSSR count). The van der Waals surface area contributed by atoms with Crippen molar-refractivity contribution in [3.63, 3.8) is 0 Å². The Morgan fingerprint density at radius 2 is 1.71 bits per heavy atom. The van der Waals surface area contributed by atoms with Gasteiger partial charge in [0, 0.05) is 16.3 Å². The molecule has 5 heteroatoms. The molecule has 0 aliphatic carbocycles. The Kier molecular flexibility index (Phi) is 3.63. The fraction of sp³-hybridized carbons (Fsp3) is 0.0526. The van der Waals surface area contributed by atoms with Crippen LogP contribution < -0.4 is 11.1 Å². The van der Waals surface area contributed by atoms with Crippen molar-refractivity contribution in [3.8, 4) is 10.4 Å². The molecular weight excluding hydrogens is 316 g/mol. The first kappa shape index (κ1) is 14.7. The Morgan fingerprint density at radius 3 is 2.46 bits per heavy atom. The van der Waals surface area contributed by atoms with E-state index in [0.717, 1.165) is 33.2 Å². The molecule has 2 heterocycles. The van der Waals surface area contributed by atoms with E-state index in [1.807, 2.05) is 49.4 Å². The van der Waals surface area contributed by atoms with Crippen molar-refractivity contribution in [2.75, 3.05) is 11.1 Å². The Bertz CT molecular complexity index is 991. The van der Waals surface area contributed by atoms with Crippen molar-refractivity contribution >= 4 is 38.7 Å². The van der Waals surface area contributed by atoms with Crippen LogP contribution in [0, 0.1) is 6.92 Å². The van der Waals surface area contributed by atoms with Gasteiger partial charge in [-0.3, -0.25) is 0 Å². The number of hydrogen-bond acceptors (Lipinski definition) is 5. The van der Waals surface area contributed by atoms with Crippen LogP contribution in [0.5, 0.6) is 0 Å². The van der Waals surface area contributed by atoms with Crippen LogP contribution in [0.3, 0.4) is 0 Å². The molecule has 4 nitrogen and oxygen atoms in total. The van der Waals surface area contributed by atoms with E-state index in [-0.39, 0.29) is 0 Å². The van der Waals surface area contributed by atoms with Crippen LogP contribution >= 0.6 is 11.3 Å². The fourth-order valence-corrected chi connectivity index (χ4v) is 3.65. The molecule has 0 amide bonds. The second-order valence-corrected chi connectivity index (χ2v) is 6.59. The summed E-state index contributed by atoms with van der Waals surface area (Å²) < 4.78 is 0. The average molecular weight is 332 g/mol. The number of rotatable bonds is 3. The van der Waals surface area contributed by atoms with Crippen LogP contribution in [0.2, 0.25) is 0 Å². The van der Waals surface area contributed by atoms with Crippen molar-refractivity contribution in [2.45, 2.75) is 6.92 Å². The molecule has 3 N–H and O–H groups in total. The quantitative estimate of drug-likeness (QED) is 0.519. The molecule has 0 aliphatic heterocycles. The number of aromatic nitrogens is 2. The van der Waals surface area contributed by atoms with Gasteiger partial charge in [0.05, 0.1) is 5.39 Å². The lowest BCUT2D eigenvalue weighted by Gasteiger charge is -2.07. The molecular formula is C19H16N4S. The Morgan fingerprint density at radius 1 is 0.958 bits per heavy atom. The highest BCUT2D eigenvalue weighted by Gasteiger charge is 2.11. The van der Waals surface area contributed by atoms with Gasteiger partial charge in [0.1, 0.15) is 16.5 Å². The lowest BCUT2D eigenvalue weighted by atomic mass is 10.2. The summed E-state index contributed by atoms with van der Waals surface area (Å²) in [5.41, 5.74) is 8.64. The number of aryl methyl sites for hydroxylation is 1. The number of thiophene rings is 1. The lowest BCUT2D eigenvalue weighted by molar-refractivity contribution is 1.10. The van der Waals surface area contributed by atoms with Crippen LogP contribution in [0.1, 0.15) is 5.82 Å². The van der Waals surface area contributed by atoms with Crippen molar-refractivity contribution in [1.29, 1.82) is 0 Å². The van der Waals surface area contributed by atoms with Crippen LogP contribution in [-0.4, -0.2) is 9.97 Å². The van der Waals surface area contributed by atoms with E-state index in [9.17, 15) is 0 Å². The van der Waals surface area contributed by atoms with Crippen molar-refractivity contribution in [1.82, 2.24) is 9.97 Å². The summed E-state index contributed by atoms with van der Waals surface area (Å²) in [7, 11) is 0. The number of nitrogens with one attached hydrogen (secondary N) is 1. The molecule has 118 valence electrons. The number of hydrogen-bond donors (Lipinski definition) is 2. The highest BCUT2D eigenvalue weighted by atomic mass is 32.1. The third-order valence-electron chi connectivity index (χ3n) is 3.74. The molecule has 4 aromatic rings. The van der Waals surface area contributed by atoms with Gasteiger partial charge in [-0.15, -0.1) is 11.3 Å². The topological polar surface area (TPSA) is 63.8 Å². The van der Waals surface area contributed by atoms with Gasteiger partial charge in [-0.25, -0.2) is 9.97 Å². The molecule has 2 aromatic carbocycles. The van der Waals surface area contributed by atoms with Crippen LogP contribution in [0.4, 0.5) is 17.2 Å². The second kappa shape index (κ2) is 5.94. The van der Waals surface area contributed by atoms with E-state index in [1.54, 1.807) is 11.3 Å². The summed E-state index contributed by atoms with van der Waals surface area (Å²) in [4.78, 5) is 11.3. The number of benzene rings is 2. The van der Waals surface area contributed by atoms with Gasteiger partial charge in [-0.1, -0.05) is 30.3 Å². The molecule has 0 atom stereocenters. The van der Waals surface area contributed by atoms with Gasteiger partial charge in [-0.2, -0.15) is 0 Å². The largest absolute Gasteiger partial charge is 0.399 e. The second-order valence-electron chi connectivity index (χ2n) is 5.56. The Balaban J connectivity index is 1.80. The minimum atomic E-state index is 0.742. The summed E-state index contributed by atoms with van der Waals surface area (Å²) in [6, 6.07) is 20.1. The van der Waals surface area contributed by atoms with E-state index in [0.29, 0.717) is 0 Å². The molecule has 0 spiro atoms. The Hall–Kier alpha value is -2.92. The average Bonchev–Trinajstić information content (AvgIpc) is 3.02. The minimum absolute atomic E-state index is 0.742. The van der Waals surface area contributed by atoms with Gasteiger partial charge < -0.3 is 11.1 Å². The zero-order valence-corrected chi connectivity index (χ0v) is 14.0. The SMILES string of the molecule is Cc1nc(Nc2ccc(N)cc2)c2cc(-c3ccccc3)sc2n1. The molecule has 0 saturated heterocycles. The monoisotopic (exact) mass is 332 g/mol. The maximum absolute atomic E-state index is 5.75. The maximum atomic E-state index is 5.75. The predicted molar refractivity (Wildman–Crippen MR) is 102 cm³/mol. The number of fused-ring (bicyclic) bond motifs is 1. The smallest absolute Gasteiger partial charge is 0.142 e. The molecule has 0 fully saturated rings. The number of nitrogens with zero attached hydrogens (tertiary/aromatic N) is 2. The van der Waals surface area contributed by atoms with Crippen LogP contribution in [0.15, 0.2) is 60.7 Å². The van der Waals surface area contributed by atoms with Gasteiger partial charge >= 0.3 is 0 Å². The summed E-state index contributed by atoms with van der Waals surface area (Å²) in [6.07, 6.45) is 0. The zero-order valence-electron chi connectivity index (χ0n) is 13.2. The fourth-order valence-electron chi connectivity index (χ4n) is 2.57.